The van der Waals surface area contributed by atoms with Crippen LogP contribution in [-0.4, -0.2) is 13.1 Å². The van der Waals surface area contributed by atoms with Gasteiger partial charge in [-0.15, -0.1) is 0 Å². The van der Waals surface area contributed by atoms with E-state index in [2.05, 4.69) is 26.1 Å². The van der Waals surface area contributed by atoms with Gasteiger partial charge in [0.1, 0.15) is 0 Å². The predicted molar refractivity (Wildman–Crippen MR) is 70.5 cm³/mol. The van der Waals surface area contributed by atoms with Crippen LogP contribution in [0.3, 0.4) is 0 Å². The predicted octanol–water partition coefficient (Wildman–Crippen LogP) is 3.84. The maximum atomic E-state index is 3.68. The summed E-state index contributed by atoms with van der Waals surface area (Å²) in [5.41, 5.74) is 0.688. The molecular weight excluding hydrogens is 194 g/mol. The van der Waals surface area contributed by atoms with E-state index in [1.54, 1.807) is 6.42 Å². The summed E-state index contributed by atoms with van der Waals surface area (Å²) in [5.74, 6) is 3.12. The summed E-state index contributed by atoms with van der Waals surface area (Å²) in [6, 6.07) is 0. The molecule has 2 aliphatic carbocycles. The van der Waals surface area contributed by atoms with Gasteiger partial charge < -0.3 is 5.32 Å². The van der Waals surface area contributed by atoms with Crippen LogP contribution in [0.1, 0.15) is 59.3 Å². The van der Waals surface area contributed by atoms with Gasteiger partial charge in [0.05, 0.1) is 0 Å². The summed E-state index contributed by atoms with van der Waals surface area (Å²) in [5, 5.41) is 3.68. The van der Waals surface area contributed by atoms with Crippen molar-refractivity contribution in [3.63, 3.8) is 0 Å². The van der Waals surface area contributed by atoms with Crippen molar-refractivity contribution in [1.82, 2.24) is 5.32 Å². The first-order chi connectivity index (χ1) is 7.65. The van der Waals surface area contributed by atoms with Crippen molar-refractivity contribution in [3.8, 4) is 0 Å². The molecule has 0 aromatic rings. The maximum absolute atomic E-state index is 3.68. The summed E-state index contributed by atoms with van der Waals surface area (Å²) >= 11 is 0. The normalized spacial score (nSPS) is 36.8. The zero-order valence-corrected chi connectivity index (χ0v) is 11.4. The first-order valence-corrected chi connectivity index (χ1v) is 7.36. The minimum atomic E-state index is 0.688. The Kier molecular flexibility index (Phi) is 3.94. The van der Waals surface area contributed by atoms with Gasteiger partial charge >= 0.3 is 0 Å². The molecule has 16 heavy (non-hydrogen) atoms. The molecule has 0 saturated heterocycles. The minimum absolute atomic E-state index is 0.688. The highest BCUT2D eigenvalue weighted by atomic mass is 14.9. The lowest BCUT2D eigenvalue weighted by molar-refractivity contribution is 0.214. The second kappa shape index (κ2) is 5.08. The molecule has 1 heteroatoms. The van der Waals surface area contributed by atoms with Gasteiger partial charge in [0.25, 0.3) is 0 Å². The fourth-order valence-electron chi connectivity index (χ4n) is 3.57. The largest absolute Gasteiger partial charge is 0.316 e. The zero-order chi connectivity index (χ0) is 11.6. The van der Waals surface area contributed by atoms with Crippen LogP contribution >= 0.6 is 0 Å². The molecular formula is C15H29N. The SMILES string of the molecule is CCCNCC1(CCC(C)C)CC2CC2C1. The molecule has 1 N–H and O–H groups in total. The summed E-state index contributed by atoms with van der Waals surface area (Å²) in [4.78, 5) is 0. The van der Waals surface area contributed by atoms with E-state index < -0.39 is 0 Å². The minimum Gasteiger partial charge on any atom is -0.316 e. The van der Waals surface area contributed by atoms with Crippen molar-refractivity contribution in [3.05, 3.63) is 0 Å². The van der Waals surface area contributed by atoms with E-state index in [1.807, 2.05) is 0 Å². The molecule has 2 fully saturated rings. The Bertz CT molecular complexity index is 211. The van der Waals surface area contributed by atoms with Crippen molar-refractivity contribution in [2.24, 2.45) is 23.2 Å². The molecule has 94 valence electrons. The molecule has 2 aliphatic rings. The van der Waals surface area contributed by atoms with Crippen LogP contribution in [0.2, 0.25) is 0 Å². The molecule has 0 aliphatic heterocycles. The van der Waals surface area contributed by atoms with Crippen LogP contribution in [0.25, 0.3) is 0 Å². The van der Waals surface area contributed by atoms with Gasteiger partial charge in [-0.3, -0.25) is 0 Å². The van der Waals surface area contributed by atoms with Gasteiger partial charge in [0.2, 0.25) is 0 Å². The van der Waals surface area contributed by atoms with Crippen molar-refractivity contribution in [2.75, 3.05) is 13.1 Å². The number of hydrogen-bond acceptors (Lipinski definition) is 1. The Balaban J connectivity index is 1.81. The molecule has 0 spiro atoms. The molecule has 0 aromatic heterocycles. The number of fused-ring (bicyclic) bond motifs is 1. The monoisotopic (exact) mass is 223 g/mol. The summed E-state index contributed by atoms with van der Waals surface area (Å²) in [6.07, 6.45) is 8.77. The van der Waals surface area contributed by atoms with Gasteiger partial charge in [0.15, 0.2) is 0 Å². The van der Waals surface area contributed by atoms with Crippen molar-refractivity contribution < 1.29 is 0 Å². The van der Waals surface area contributed by atoms with Gasteiger partial charge in [-0.05, 0) is 61.8 Å². The molecule has 1 nitrogen and oxygen atoms in total. The molecule has 0 radical (unpaired) electrons. The fraction of sp³-hybridized carbons (Fsp3) is 1.00. The van der Waals surface area contributed by atoms with E-state index in [1.165, 1.54) is 45.2 Å². The topological polar surface area (TPSA) is 12.0 Å². The molecule has 2 unspecified atom stereocenters. The van der Waals surface area contributed by atoms with E-state index in [0.717, 1.165) is 17.8 Å². The van der Waals surface area contributed by atoms with Crippen LogP contribution < -0.4 is 5.32 Å². The van der Waals surface area contributed by atoms with Gasteiger partial charge in [-0.2, -0.15) is 0 Å². The highest BCUT2D eigenvalue weighted by Gasteiger charge is 2.52. The standard InChI is InChI=1S/C15H29N/c1-4-7-16-11-15(6-5-12(2)3)9-13-8-14(13)10-15/h12-14,16H,4-11H2,1-3H3. The molecule has 0 aromatic carbocycles. The Morgan fingerprint density at radius 3 is 2.50 bits per heavy atom. The quantitative estimate of drug-likeness (QED) is 0.647. The molecule has 0 heterocycles. The first kappa shape index (κ1) is 12.4. The third kappa shape index (κ3) is 3.00. The van der Waals surface area contributed by atoms with E-state index in [9.17, 15) is 0 Å². The summed E-state index contributed by atoms with van der Waals surface area (Å²) < 4.78 is 0. The van der Waals surface area contributed by atoms with Crippen LogP contribution in [0, 0.1) is 23.2 Å². The van der Waals surface area contributed by atoms with Crippen LogP contribution in [-0.2, 0) is 0 Å². The second-order valence-corrected chi connectivity index (χ2v) is 6.77. The Hall–Kier alpha value is -0.0400. The molecule has 0 bridgehead atoms. The molecule has 2 saturated carbocycles. The average molecular weight is 223 g/mol. The lowest BCUT2D eigenvalue weighted by Gasteiger charge is -2.32. The Morgan fingerprint density at radius 1 is 1.25 bits per heavy atom. The number of hydrogen-bond donors (Lipinski definition) is 1. The molecule has 2 rings (SSSR count). The second-order valence-electron chi connectivity index (χ2n) is 6.77. The zero-order valence-electron chi connectivity index (χ0n) is 11.4. The van der Waals surface area contributed by atoms with Crippen LogP contribution in [0.15, 0.2) is 0 Å². The summed E-state index contributed by atoms with van der Waals surface area (Å²) in [6.45, 7) is 9.49. The van der Waals surface area contributed by atoms with Crippen molar-refractivity contribution in [2.45, 2.75) is 59.3 Å². The Morgan fingerprint density at radius 2 is 1.94 bits per heavy atom. The van der Waals surface area contributed by atoms with Crippen molar-refractivity contribution in [1.29, 1.82) is 0 Å². The summed E-state index contributed by atoms with van der Waals surface area (Å²) in [7, 11) is 0. The van der Waals surface area contributed by atoms with E-state index in [0.29, 0.717) is 5.41 Å². The van der Waals surface area contributed by atoms with Crippen LogP contribution in [0.5, 0.6) is 0 Å². The smallest absolute Gasteiger partial charge is 0.000801 e. The molecule has 2 atom stereocenters. The first-order valence-electron chi connectivity index (χ1n) is 7.36. The van der Waals surface area contributed by atoms with Gasteiger partial charge in [0, 0.05) is 6.54 Å². The van der Waals surface area contributed by atoms with Gasteiger partial charge in [-0.25, -0.2) is 0 Å². The number of rotatable bonds is 7. The lowest BCUT2D eigenvalue weighted by Crippen LogP contribution is -2.34. The van der Waals surface area contributed by atoms with Crippen LogP contribution in [0.4, 0.5) is 0 Å². The van der Waals surface area contributed by atoms with E-state index in [-0.39, 0.29) is 0 Å². The highest BCUT2D eigenvalue weighted by Crippen LogP contribution is 2.61. The highest BCUT2D eigenvalue weighted by molar-refractivity contribution is 5.04. The van der Waals surface area contributed by atoms with E-state index >= 15 is 0 Å². The van der Waals surface area contributed by atoms with Gasteiger partial charge in [-0.1, -0.05) is 27.2 Å². The van der Waals surface area contributed by atoms with Crippen molar-refractivity contribution >= 4 is 0 Å². The third-order valence-electron chi connectivity index (χ3n) is 4.64. The fourth-order valence-corrected chi connectivity index (χ4v) is 3.57. The maximum Gasteiger partial charge on any atom is 0.000801 e. The number of nitrogens with one attached hydrogen (secondary N) is 1. The molecule has 0 amide bonds. The Labute approximate surface area is 101 Å². The lowest BCUT2D eigenvalue weighted by atomic mass is 9.77. The van der Waals surface area contributed by atoms with E-state index in [4.69, 9.17) is 0 Å². The third-order valence-corrected chi connectivity index (χ3v) is 4.64. The average Bonchev–Trinajstić information content (AvgIpc) is 2.85.